The summed E-state index contributed by atoms with van der Waals surface area (Å²) in [6, 6.07) is 12.4. The van der Waals surface area contributed by atoms with Gasteiger partial charge in [0, 0.05) is 31.9 Å². The van der Waals surface area contributed by atoms with Gasteiger partial charge in [-0.25, -0.2) is 4.90 Å². The van der Waals surface area contributed by atoms with Crippen molar-refractivity contribution >= 4 is 35.3 Å². The lowest BCUT2D eigenvalue weighted by Gasteiger charge is -2.28. The first kappa shape index (κ1) is 20.2. The van der Waals surface area contributed by atoms with E-state index in [0.29, 0.717) is 22.6 Å². The van der Waals surface area contributed by atoms with Gasteiger partial charge in [0.2, 0.25) is 11.8 Å². The number of rotatable bonds is 5. The van der Waals surface area contributed by atoms with Crippen molar-refractivity contribution in [1.29, 1.82) is 0 Å². The molecule has 8 heteroatoms. The van der Waals surface area contributed by atoms with E-state index in [1.165, 1.54) is 24.0 Å². The number of carbonyl (C=O) groups excluding carboxylic acids is 5. The highest BCUT2D eigenvalue weighted by Crippen LogP contribution is 2.35. The number of ether oxygens (including phenoxy) is 1. The third kappa shape index (κ3) is 3.87. The Morgan fingerprint density at radius 3 is 1.77 bits per heavy atom. The number of esters is 1. The molecule has 1 saturated heterocycles. The van der Waals surface area contributed by atoms with Crippen molar-refractivity contribution in [3.63, 3.8) is 0 Å². The van der Waals surface area contributed by atoms with Gasteiger partial charge in [0.15, 0.2) is 0 Å². The molecule has 0 N–H and O–H groups in total. The lowest BCUT2D eigenvalue weighted by molar-refractivity contribution is -0.140. The molecular formula is C23H18N2O6. The summed E-state index contributed by atoms with van der Waals surface area (Å²) < 4.78 is 5.05. The SMILES string of the molecule is CC(=O)Oc1ccc(C(c2ccc(N3C(=O)C=CC3=O)cc2)N2C(=O)CCC2=O)cc1. The smallest absolute Gasteiger partial charge is 0.308 e. The van der Waals surface area contributed by atoms with Gasteiger partial charge in [0.1, 0.15) is 5.75 Å². The summed E-state index contributed by atoms with van der Waals surface area (Å²) in [7, 11) is 0. The van der Waals surface area contributed by atoms with Crippen molar-refractivity contribution in [2.75, 3.05) is 4.90 Å². The van der Waals surface area contributed by atoms with Crippen molar-refractivity contribution in [1.82, 2.24) is 4.90 Å². The molecule has 0 aliphatic carbocycles. The van der Waals surface area contributed by atoms with Crippen molar-refractivity contribution in [2.24, 2.45) is 0 Å². The van der Waals surface area contributed by atoms with Gasteiger partial charge in [-0.15, -0.1) is 0 Å². The van der Waals surface area contributed by atoms with Gasteiger partial charge in [-0.1, -0.05) is 24.3 Å². The van der Waals surface area contributed by atoms with Gasteiger partial charge >= 0.3 is 5.97 Å². The molecule has 31 heavy (non-hydrogen) atoms. The summed E-state index contributed by atoms with van der Waals surface area (Å²) in [5, 5.41) is 0. The van der Waals surface area contributed by atoms with Crippen molar-refractivity contribution in [2.45, 2.75) is 25.8 Å². The average Bonchev–Trinajstić information content (AvgIpc) is 3.25. The Kier molecular flexibility index (Phi) is 5.21. The molecule has 2 aromatic carbocycles. The van der Waals surface area contributed by atoms with Crippen LogP contribution in [0.25, 0.3) is 0 Å². The zero-order valence-electron chi connectivity index (χ0n) is 16.6. The maximum absolute atomic E-state index is 12.5. The summed E-state index contributed by atoms with van der Waals surface area (Å²) in [6.07, 6.45) is 2.68. The normalized spacial score (nSPS) is 16.9. The van der Waals surface area contributed by atoms with Crippen LogP contribution in [-0.4, -0.2) is 34.5 Å². The van der Waals surface area contributed by atoms with Gasteiger partial charge in [-0.2, -0.15) is 0 Å². The molecule has 2 aromatic rings. The minimum Gasteiger partial charge on any atom is -0.427 e. The molecule has 0 bridgehead atoms. The van der Waals surface area contributed by atoms with Gasteiger partial charge in [0.05, 0.1) is 11.7 Å². The first-order chi connectivity index (χ1) is 14.8. The maximum Gasteiger partial charge on any atom is 0.308 e. The van der Waals surface area contributed by atoms with E-state index in [1.54, 1.807) is 48.5 Å². The Morgan fingerprint density at radius 2 is 1.29 bits per heavy atom. The Morgan fingerprint density at radius 1 is 0.806 bits per heavy atom. The van der Waals surface area contributed by atoms with E-state index >= 15 is 0 Å². The highest BCUT2D eigenvalue weighted by atomic mass is 16.5. The maximum atomic E-state index is 12.5. The Labute approximate surface area is 177 Å². The van der Waals surface area contributed by atoms with Crippen LogP contribution >= 0.6 is 0 Å². The molecule has 1 fully saturated rings. The molecule has 1 unspecified atom stereocenters. The number of likely N-dealkylation sites (tertiary alicyclic amines) is 1. The second kappa shape index (κ2) is 7.98. The molecule has 4 amide bonds. The van der Waals surface area contributed by atoms with Gasteiger partial charge in [-0.3, -0.25) is 28.9 Å². The summed E-state index contributed by atoms with van der Waals surface area (Å²) in [4.78, 5) is 62.2. The number of benzene rings is 2. The molecule has 2 aliphatic rings. The number of nitrogens with zero attached hydrogens (tertiary/aromatic N) is 2. The zero-order chi connectivity index (χ0) is 22.1. The second-order valence-electron chi connectivity index (χ2n) is 7.16. The van der Waals surface area contributed by atoms with E-state index in [4.69, 9.17) is 4.74 Å². The minimum atomic E-state index is -0.689. The summed E-state index contributed by atoms with van der Waals surface area (Å²) in [5.74, 6) is -1.52. The Balaban J connectivity index is 1.70. The molecule has 0 radical (unpaired) electrons. The molecule has 0 aromatic heterocycles. The number of carbonyl (C=O) groups is 5. The first-order valence-corrected chi connectivity index (χ1v) is 9.64. The van der Waals surface area contributed by atoms with E-state index in [-0.39, 0.29) is 24.7 Å². The quantitative estimate of drug-likeness (QED) is 0.420. The summed E-state index contributed by atoms with van der Waals surface area (Å²) in [6.45, 7) is 1.30. The molecule has 1 atom stereocenters. The van der Waals surface area contributed by atoms with Crippen LogP contribution in [0.3, 0.4) is 0 Å². The topological polar surface area (TPSA) is 101 Å². The van der Waals surface area contributed by atoms with Crippen molar-refractivity contribution in [3.8, 4) is 5.75 Å². The number of hydrogen-bond acceptors (Lipinski definition) is 6. The van der Waals surface area contributed by atoms with Crippen LogP contribution in [0.15, 0.2) is 60.7 Å². The predicted octanol–water partition coefficient (Wildman–Crippen LogP) is 2.28. The standard InChI is InChI=1S/C23H18N2O6/c1-14(26)31-18-8-4-16(5-9-18)23(25-21(29)12-13-22(25)30)15-2-6-17(7-3-15)24-19(27)10-11-20(24)28/h2-11,23H,12-13H2,1H3. The fourth-order valence-corrected chi connectivity index (χ4v) is 3.72. The molecule has 0 spiro atoms. The lowest BCUT2D eigenvalue weighted by atomic mass is 9.96. The molecule has 4 rings (SSSR count). The van der Waals surface area contributed by atoms with E-state index in [2.05, 4.69) is 0 Å². The zero-order valence-corrected chi connectivity index (χ0v) is 16.6. The summed E-state index contributed by atoms with van der Waals surface area (Å²) in [5.41, 5.74) is 1.69. The van der Waals surface area contributed by atoms with Crippen LogP contribution in [0, 0.1) is 0 Å². The Hall–Kier alpha value is -4.07. The number of hydrogen-bond donors (Lipinski definition) is 0. The first-order valence-electron chi connectivity index (χ1n) is 9.64. The van der Waals surface area contributed by atoms with Gasteiger partial charge in [-0.05, 0) is 35.4 Å². The van der Waals surface area contributed by atoms with Gasteiger partial charge in [0.25, 0.3) is 11.8 Å². The molecular weight excluding hydrogens is 400 g/mol. The van der Waals surface area contributed by atoms with Crippen LogP contribution in [0.2, 0.25) is 0 Å². The largest absolute Gasteiger partial charge is 0.427 e. The predicted molar refractivity (Wildman–Crippen MR) is 109 cm³/mol. The van der Waals surface area contributed by atoms with Gasteiger partial charge < -0.3 is 4.74 Å². The highest BCUT2D eigenvalue weighted by molar-refractivity contribution is 6.28. The molecule has 156 valence electrons. The highest BCUT2D eigenvalue weighted by Gasteiger charge is 2.37. The van der Waals surface area contributed by atoms with Crippen LogP contribution in [0.4, 0.5) is 5.69 Å². The molecule has 2 aliphatic heterocycles. The molecule has 2 heterocycles. The van der Waals surface area contributed by atoms with Crippen LogP contribution < -0.4 is 9.64 Å². The third-order valence-corrected chi connectivity index (χ3v) is 5.08. The summed E-state index contributed by atoms with van der Waals surface area (Å²) >= 11 is 0. The molecule has 0 saturated carbocycles. The van der Waals surface area contributed by atoms with E-state index in [0.717, 1.165) is 4.90 Å². The van der Waals surface area contributed by atoms with Crippen LogP contribution in [0.1, 0.15) is 36.9 Å². The lowest BCUT2D eigenvalue weighted by Crippen LogP contribution is -2.34. The van der Waals surface area contributed by atoms with Crippen molar-refractivity contribution < 1.29 is 28.7 Å². The number of anilines is 1. The minimum absolute atomic E-state index is 0.140. The van der Waals surface area contributed by atoms with E-state index in [1.807, 2.05) is 0 Å². The fourth-order valence-electron chi connectivity index (χ4n) is 3.72. The fraction of sp³-hybridized carbons (Fsp3) is 0.174. The number of imide groups is 2. The third-order valence-electron chi connectivity index (χ3n) is 5.08. The second-order valence-corrected chi connectivity index (χ2v) is 7.16. The van der Waals surface area contributed by atoms with Crippen molar-refractivity contribution in [3.05, 3.63) is 71.8 Å². The Bertz CT molecular complexity index is 1080. The van der Waals surface area contributed by atoms with E-state index in [9.17, 15) is 24.0 Å². The monoisotopic (exact) mass is 418 g/mol. The van der Waals surface area contributed by atoms with E-state index < -0.39 is 23.8 Å². The molecule has 8 nitrogen and oxygen atoms in total. The average molecular weight is 418 g/mol. The van der Waals surface area contributed by atoms with Crippen LogP contribution in [0.5, 0.6) is 5.75 Å². The number of amides is 4. The van der Waals surface area contributed by atoms with Crippen LogP contribution in [-0.2, 0) is 24.0 Å².